The van der Waals surface area contributed by atoms with Crippen molar-refractivity contribution in [2.24, 2.45) is 5.73 Å². The van der Waals surface area contributed by atoms with Gasteiger partial charge in [0.05, 0.1) is 0 Å². The van der Waals surface area contributed by atoms with Crippen molar-refractivity contribution in [2.75, 3.05) is 0 Å². The maximum atomic E-state index is 13.1. The Morgan fingerprint density at radius 2 is 1.76 bits per heavy atom. The lowest BCUT2D eigenvalue weighted by Gasteiger charge is -2.23. The summed E-state index contributed by atoms with van der Waals surface area (Å²) in [6.07, 6.45) is -1.06. The first-order valence-corrected chi connectivity index (χ1v) is 5.46. The molecule has 0 heterocycles. The molecular formula is C12H13F4N. The van der Waals surface area contributed by atoms with Crippen LogP contribution in [-0.2, 0) is 12.8 Å². The van der Waals surface area contributed by atoms with Gasteiger partial charge in [-0.15, -0.1) is 0 Å². The number of fused-ring (bicyclic) bond motifs is 1. The SMILES string of the molecule is NC(c1ccc2c(c1)CCC2)C(F)(F)C(F)F. The fourth-order valence-corrected chi connectivity index (χ4v) is 2.14. The van der Waals surface area contributed by atoms with E-state index in [1.54, 1.807) is 6.07 Å². The lowest BCUT2D eigenvalue weighted by Crippen LogP contribution is -2.39. The van der Waals surface area contributed by atoms with Crippen LogP contribution in [0.15, 0.2) is 18.2 Å². The molecule has 2 rings (SSSR count). The van der Waals surface area contributed by atoms with Crippen molar-refractivity contribution in [3.8, 4) is 0 Å². The lowest BCUT2D eigenvalue weighted by atomic mass is 9.97. The van der Waals surface area contributed by atoms with Crippen LogP contribution in [0.4, 0.5) is 17.6 Å². The summed E-state index contributed by atoms with van der Waals surface area (Å²) < 4.78 is 50.6. The van der Waals surface area contributed by atoms with E-state index in [1.807, 2.05) is 0 Å². The van der Waals surface area contributed by atoms with Crippen molar-refractivity contribution < 1.29 is 17.6 Å². The van der Waals surface area contributed by atoms with Crippen LogP contribution in [0.25, 0.3) is 0 Å². The number of aryl methyl sites for hydroxylation is 2. The zero-order valence-corrected chi connectivity index (χ0v) is 9.10. The monoisotopic (exact) mass is 247 g/mol. The van der Waals surface area contributed by atoms with Crippen LogP contribution in [0.1, 0.15) is 29.2 Å². The van der Waals surface area contributed by atoms with E-state index in [1.165, 1.54) is 12.1 Å². The fraction of sp³-hybridized carbons (Fsp3) is 0.500. The van der Waals surface area contributed by atoms with Gasteiger partial charge in [0.1, 0.15) is 6.04 Å². The number of hydrogen-bond acceptors (Lipinski definition) is 1. The van der Waals surface area contributed by atoms with Crippen LogP contribution >= 0.6 is 0 Å². The van der Waals surface area contributed by atoms with Crippen LogP contribution in [0.2, 0.25) is 0 Å². The summed E-state index contributed by atoms with van der Waals surface area (Å²) in [5.41, 5.74) is 7.36. The molecule has 1 nitrogen and oxygen atoms in total. The van der Waals surface area contributed by atoms with Crippen LogP contribution in [0.5, 0.6) is 0 Å². The predicted molar refractivity (Wildman–Crippen MR) is 56.3 cm³/mol. The van der Waals surface area contributed by atoms with Crippen molar-refractivity contribution in [3.63, 3.8) is 0 Å². The van der Waals surface area contributed by atoms with Gasteiger partial charge in [-0.1, -0.05) is 18.2 Å². The maximum Gasteiger partial charge on any atom is 0.326 e. The molecule has 94 valence electrons. The molecule has 0 radical (unpaired) electrons. The molecule has 0 bridgehead atoms. The minimum absolute atomic E-state index is 0.0796. The topological polar surface area (TPSA) is 26.0 Å². The second-order valence-electron chi connectivity index (χ2n) is 4.33. The minimum atomic E-state index is -4.19. The average molecular weight is 247 g/mol. The molecule has 1 aromatic carbocycles. The summed E-state index contributed by atoms with van der Waals surface area (Å²) in [5.74, 6) is -4.19. The van der Waals surface area contributed by atoms with Gasteiger partial charge in [-0.05, 0) is 36.0 Å². The largest absolute Gasteiger partial charge is 0.326 e. The molecule has 0 aliphatic heterocycles. The number of rotatable bonds is 3. The summed E-state index contributed by atoms with van der Waals surface area (Å²) in [7, 11) is 0. The van der Waals surface area contributed by atoms with Crippen LogP contribution < -0.4 is 5.73 Å². The average Bonchev–Trinajstić information content (AvgIpc) is 2.74. The van der Waals surface area contributed by atoms with Gasteiger partial charge >= 0.3 is 12.3 Å². The van der Waals surface area contributed by atoms with Crippen molar-refractivity contribution in [2.45, 2.75) is 37.7 Å². The van der Waals surface area contributed by atoms with Crippen LogP contribution in [0, 0.1) is 0 Å². The van der Waals surface area contributed by atoms with E-state index < -0.39 is 18.4 Å². The molecule has 5 heteroatoms. The van der Waals surface area contributed by atoms with E-state index in [4.69, 9.17) is 5.73 Å². The van der Waals surface area contributed by atoms with E-state index >= 15 is 0 Å². The summed E-state index contributed by atoms with van der Waals surface area (Å²) >= 11 is 0. The van der Waals surface area contributed by atoms with Crippen molar-refractivity contribution >= 4 is 0 Å². The predicted octanol–water partition coefficient (Wildman–Crippen LogP) is 3.08. The Hall–Kier alpha value is -1.10. The summed E-state index contributed by atoms with van der Waals surface area (Å²) in [6.45, 7) is 0. The number of nitrogens with two attached hydrogens (primary N) is 1. The van der Waals surface area contributed by atoms with Gasteiger partial charge in [0.25, 0.3) is 0 Å². The Balaban J connectivity index is 2.29. The number of hydrogen-bond donors (Lipinski definition) is 1. The first-order chi connectivity index (χ1) is 7.93. The van der Waals surface area contributed by atoms with E-state index in [0.29, 0.717) is 0 Å². The normalized spacial score (nSPS) is 17.3. The highest BCUT2D eigenvalue weighted by molar-refractivity contribution is 5.37. The van der Waals surface area contributed by atoms with Crippen molar-refractivity contribution in [1.29, 1.82) is 0 Å². The molecule has 1 aliphatic rings. The summed E-state index contributed by atoms with van der Waals surface area (Å²) in [4.78, 5) is 0. The molecule has 0 saturated heterocycles. The molecule has 1 atom stereocenters. The molecule has 0 amide bonds. The quantitative estimate of drug-likeness (QED) is 0.816. The molecule has 0 fully saturated rings. The lowest BCUT2D eigenvalue weighted by molar-refractivity contribution is -0.144. The number of halogens is 4. The summed E-state index contributed by atoms with van der Waals surface area (Å²) in [5, 5.41) is 0. The third kappa shape index (κ3) is 2.16. The molecule has 17 heavy (non-hydrogen) atoms. The maximum absolute atomic E-state index is 13.1. The van der Waals surface area contributed by atoms with Gasteiger partial charge in [0.2, 0.25) is 0 Å². The molecule has 0 spiro atoms. The fourth-order valence-electron chi connectivity index (χ4n) is 2.14. The Morgan fingerprint density at radius 3 is 2.41 bits per heavy atom. The van der Waals surface area contributed by atoms with Gasteiger partial charge in [-0.3, -0.25) is 0 Å². The van der Waals surface area contributed by atoms with E-state index in [2.05, 4.69) is 0 Å². The molecular weight excluding hydrogens is 234 g/mol. The molecule has 1 aromatic rings. The third-order valence-electron chi connectivity index (χ3n) is 3.19. The highest BCUT2D eigenvalue weighted by atomic mass is 19.3. The zero-order valence-electron chi connectivity index (χ0n) is 9.10. The Kier molecular flexibility index (Phi) is 3.12. The van der Waals surface area contributed by atoms with Crippen LogP contribution in [0.3, 0.4) is 0 Å². The second kappa shape index (κ2) is 4.29. The van der Waals surface area contributed by atoms with Gasteiger partial charge in [0, 0.05) is 0 Å². The van der Waals surface area contributed by atoms with E-state index in [-0.39, 0.29) is 5.56 Å². The number of alkyl halides is 4. The van der Waals surface area contributed by atoms with Crippen molar-refractivity contribution in [3.05, 3.63) is 34.9 Å². The summed E-state index contributed by atoms with van der Waals surface area (Å²) in [6, 6.07) is 2.71. The molecule has 0 aromatic heterocycles. The molecule has 2 N–H and O–H groups in total. The van der Waals surface area contributed by atoms with Crippen LogP contribution in [-0.4, -0.2) is 12.3 Å². The standard InChI is InChI=1S/C12H13F4N/c13-11(14)12(15,16)10(17)9-5-4-7-2-1-3-8(7)6-9/h4-6,10-11H,1-3,17H2. The highest BCUT2D eigenvalue weighted by Gasteiger charge is 2.47. The van der Waals surface area contributed by atoms with Gasteiger partial charge < -0.3 is 5.73 Å². The van der Waals surface area contributed by atoms with E-state index in [9.17, 15) is 17.6 Å². The highest BCUT2D eigenvalue weighted by Crippen LogP contribution is 2.36. The zero-order chi connectivity index (χ0) is 12.6. The van der Waals surface area contributed by atoms with Gasteiger partial charge in [-0.25, -0.2) is 8.78 Å². The van der Waals surface area contributed by atoms with Gasteiger partial charge in [-0.2, -0.15) is 8.78 Å². The molecule has 1 aliphatic carbocycles. The Labute approximate surface area is 96.6 Å². The molecule has 1 unspecified atom stereocenters. The van der Waals surface area contributed by atoms with E-state index in [0.717, 1.165) is 30.4 Å². The van der Waals surface area contributed by atoms with Crippen molar-refractivity contribution in [1.82, 2.24) is 0 Å². The number of benzene rings is 1. The van der Waals surface area contributed by atoms with Gasteiger partial charge in [0.15, 0.2) is 0 Å². The first-order valence-electron chi connectivity index (χ1n) is 5.46. The Morgan fingerprint density at radius 1 is 1.12 bits per heavy atom. The first kappa shape index (κ1) is 12.4. The minimum Gasteiger partial charge on any atom is -0.319 e. The molecule has 0 saturated carbocycles. The second-order valence-corrected chi connectivity index (χ2v) is 4.33. The Bertz CT molecular complexity index is 417. The third-order valence-corrected chi connectivity index (χ3v) is 3.19. The smallest absolute Gasteiger partial charge is 0.319 e.